The van der Waals surface area contributed by atoms with E-state index in [0.717, 1.165) is 16.9 Å². The van der Waals surface area contributed by atoms with Crippen LogP contribution in [-0.4, -0.2) is 36.4 Å². The molecule has 0 spiro atoms. The van der Waals surface area contributed by atoms with Crippen LogP contribution in [0, 0.1) is 6.92 Å². The van der Waals surface area contributed by atoms with E-state index < -0.39 is 10.7 Å². The van der Waals surface area contributed by atoms with Crippen molar-refractivity contribution in [3.8, 4) is 5.69 Å². The van der Waals surface area contributed by atoms with Crippen LogP contribution in [0.1, 0.15) is 56.8 Å². The fourth-order valence-corrected chi connectivity index (χ4v) is 4.82. The van der Waals surface area contributed by atoms with Crippen molar-refractivity contribution in [1.82, 2.24) is 14.8 Å². The maximum atomic E-state index is 12.6. The molecule has 1 saturated carbocycles. The zero-order valence-electron chi connectivity index (χ0n) is 17.4. The van der Waals surface area contributed by atoms with Crippen LogP contribution in [0.4, 0.5) is 0 Å². The number of thioether (sulfide) groups is 1. The summed E-state index contributed by atoms with van der Waals surface area (Å²) in [4.78, 5) is 23.5. The summed E-state index contributed by atoms with van der Waals surface area (Å²) in [5.41, 5.74) is 2.38. The number of hydrogen-bond donors (Lipinski definition) is 1. The SMILES string of the molecule is Cc1nnc(SC(C)(C)C(=O)CCC(=O)O)n1-c1ccc(C2CC2)c2ccccc12. The van der Waals surface area contributed by atoms with Crippen LogP contribution >= 0.6 is 11.8 Å². The number of aryl methyl sites for hydroxylation is 1. The first-order chi connectivity index (χ1) is 14.3. The van der Waals surface area contributed by atoms with E-state index in [1.807, 2.05) is 31.4 Å². The van der Waals surface area contributed by atoms with Crippen LogP contribution in [0.5, 0.6) is 0 Å². The number of carbonyl (C=O) groups excluding carboxylic acids is 1. The molecule has 2 aromatic carbocycles. The summed E-state index contributed by atoms with van der Waals surface area (Å²) >= 11 is 1.33. The number of carboxylic acids is 1. The van der Waals surface area contributed by atoms with Gasteiger partial charge in [0.05, 0.1) is 16.9 Å². The molecule has 0 saturated heterocycles. The number of carboxylic acid groups (broad SMARTS) is 1. The predicted octanol–water partition coefficient (Wildman–Crippen LogP) is 4.91. The smallest absolute Gasteiger partial charge is 0.303 e. The van der Waals surface area contributed by atoms with Gasteiger partial charge in [-0.3, -0.25) is 14.2 Å². The molecule has 156 valence electrons. The monoisotopic (exact) mass is 423 g/mol. The number of ketones is 1. The third-order valence-electron chi connectivity index (χ3n) is 5.57. The molecule has 1 aromatic heterocycles. The van der Waals surface area contributed by atoms with Crippen LogP contribution in [0.3, 0.4) is 0 Å². The van der Waals surface area contributed by atoms with E-state index in [-0.39, 0.29) is 18.6 Å². The lowest BCUT2D eigenvalue weighted by atomic mass is 9.99. The number of rotatable bonds is 8. The first kappa shape index (κ1) is 20.6. The highest BCUT2D eigenvalue weighted by molar-refractivity contribution is 8.01. The zero-order chi connectivity index (χ0) is 21.5. The van der Waals surface area contributed by atoms with E-state index in [9.17, 15) is 9.59 Å². The van der Waals surface area contributed by atoms with Gasteiger partial charge in [-0.25, -0.2) is 0 Å². The van der Waals surface area contributed by atoms with Gasteiger partial charge in [-0.2, -0.15) is 0 Å². The predicted molar refractivity (Wildman–Crippen MR) is 117 cm³/mol. The Kier molecular flexibility index (Phi) is 5.40. The number of aromatic nitrogens is 3. The number of Topliss-reactive ketones (excluding diaryl/α,β-unsaturated/α-hetero) is 1. The Morgan fingerprint density at radius 1 is 1.10 bits per heavy atom. The summed E-state index contributed by atoms with van der Waals surface area (Å²) in [7, 11) is 0. The van der Waals surface area contributed by atoms with Crippen molar-refractivity contribution in [2.45, 2.75) is 62.3 Å². The van der Waals surface area contributed by atoms with Crippen LogP contribution in [0.15, 0.2) is 41.6 Å². The van der Waals surface area contributed by atoms with E-state index in [1.54, 1.807) is 0 Å². The molecule has 1 aliphatic rings. The van der Waals surface area contributed by atoms with E-state index in [2.05, 4.69) is 40.5 Å². The molecule has 0 unspecified atom stereocenters. The van der Waals surface area contributed by atoms with Gasteiger partial charge < -0.3 is 5.11 Å². The van der Waals surface area contributed by atoms with Crippen LogP contribution < -0.4 is 0 Å². The third kappa shape index (κ3) is 3.99. The van der Waals surface area contributed by atoms with E-state index >= 15 is 0 Å². The Morgan fingerprint density at radius 3 is 2.47 bits per heavy atom. The normalized spacial score (nSPS) is 14.2. The van der Waals surface area contributed by atoms with Gasteiger partial charge >= 0.3 is 5.97 Å². The molecule has 1 fully saturated rings. The molecular weight excluding hydrogens is 398 g/mol. The molecule has 7 heteroatoms. The largest absolute Gasteiger partial charge is 0.481 e. The average molecular weight is 424 g/mol. The van der Waals surface area contributed by atoms with Crippen molar-refractivity contribution in [3.63, 3.8) is 0 Å². The number of carbonyl (C=O) groups is 2. The number of benzene rings is 2. The van der Waals surface area contributed by atoms with Crippen molar-refractivity contribution in [2.24, 2.45) is 0 Å². The molecule has 0 amide bonds. The van der Waals surface area contributed by atoms with Crippen molar-refractivity contribution in [2.75, 3.05) is 0 Å². The Morgan fingerprint density at radius 2 is 1.80 bits per heavy atom. The van der Waals surface area contributed by atoms with Gasteiger partial charge in [0, 0.05) is 11.8 Å². The van der Waals surface area contributed by atoms with E-state index in [1.165, 1.54) is 35.6 Å². The van der Waals surface area contributed by atoms with Gasteiger partial charge in [-0.05, 0) is 56.5 Å². The zero-order valence-corrected chi connectivity index (χ0v) is 18.2. The minimum atomic E-state index is -0.967. The number of hydrogen-bond acceptors (Lipinski definition) is 5. The molecule has 30 heavy (non-hydrogen) atoms. The second-order valence-corrected chi connectivity index (χ2v) is 9.88. The molecule has 3 aromatic rings. The average Bonchev–Trinajstić information content (AvgIpc) is 3.49. The quantitative estimate of drug-likeness (QED) is 0.518. The minimum Gasteiger partial charge on any atom is -0.481 e. The summed E-state index contributed by atoms with van der Waals surface area (Å²) in [6, 6.07) is 12.7. The standard InChI is InChI=1S/C23H25N3O3S/c1-14-24-25-22(30-23(2,3)20(27)12-13-21(28)29)26(14)19-11-10-16(15-8-9-15)17-6-4-5-7-18(17)19/h4-7,10-11,15H,8-9,12-13H2,1-3H3,(H,28,29). The third-order valence-corrected chi connectivity index (χ3v) is 6.76. The molecule has 6 nitrogen and oxygen atoms in total. The molecule has 0 bridgehead atoms. The highest BCUT2D eigenvalue weighted by Gasteiger charge is 2.32. The Balaban J connectivity index is 1.72. The van der Waals surface area contributed by atoms with Crippen LogP contribution in [0.25, 0.3) is 16.5 Å². The van der Waals surface area contributed by atoms with Gasteiger partial charge in [0.25, 0.3) is 0 Å². The van der Waals surface area contributed by atoms with Gasteiger partial charge in [-0.15, -0.1) is 10.2 Å². The highest BCUT2D eigenvalue weighted by Crippen LogP contribution is 2.44. The minimum absolute atomic E-state index is 0.00146. The molecule has 0 aliphatic heterocycles. The van der Waals surface area contributed by atoms with Gasteiger partial charge in [0.1, 0.15) is 11.6 Å². The number of fused-ring (bicyclic) bond motifs is 1. The molecule has 1 N–H and O–H groups in total. The maximum Gasteiger partial charge on any atom is 0.303 e. The fourth-order valence-electron chi connectivity index (χ4n) is 3.74. The number of aliphatic carboxylic acids is 1. The topological polar surface area (TPSA) is 85.1 Å². The summed E-state index contributed by atoms with van der Waals surface area (Å²) in [5, 5.41) is 20.5. The van der Waals surface area contributed by atoms with Gasteiger partial charge in [0.15, 0.2) is 5.16 Å². The Labute approximate surface area is 179 Å². The van der Waals surface area contributed by atoms with Crippen molar-refractivity contribution in [1.29, 1.82) is 0 Å². The lowest BCUT2D eigenvalue weighted by Crippen LogP contribution is -2.28. The van der Waals surface area contributed by atoms with Crippen molar-refractivity contribution >= 4 is 34.3 Å². The van der Waals surface area contributed by atoms with Crippen molar-refractivity contribution in [3.05, 3.63) is 47.8 Å². The van der Waals surface area contributed by atoms with Gasteiger partial charge in [0.2, 0.25) is 0 Å². The number of nitrogens with zero attached hydrogens (tertiary/aromatic N) is 3. The lowest BCUT2D eigenvalue weighted by molar-refractivity contribution is -0.138. The van der Waals surface area contributed by atoms with E-state index in [0.29, 0.717) is 11.1 Å². The van der Waals surface area contributed by atoms with Gasteiger partial charge in [-0.1, -0.05) is 42.1 Å². The lowest BCUT2D eigenvalue weighted by Gasteiger charge is -2.22. The molecule has 0 radical (unpaired) electrons. The molecule has 1 aliphatic carbocycles. The highest BCUT2D eigenvalue weighted by atomic mass is 32.2. The summed E-state index contributed by atoms with van der Waals surface area (Å²) in [6.07, 6.45) is 2.31. The molecule has 1 heterocycles. The summed E-state index contributed by atoms with van der Waals surface area (Å²) in [5.74, 6) is 0.308. The second kappa shape index (κ2) is 7.87. The van der Waals surface area contributed by atoms with Crippen LogP contribution in [0.2, 0.25) is 0 Å². The fraction of sp³-hybridized carbons (Fsp3) is 0.391. The van der Waals surface area contributed by atoms with Crippen LogP contribution in [-0.2, 0) is 9.59 Å². The van der Waals surface area contributed by atoms with Crippen molar-refractivity contribution < 1.29 is 14.7 Å². The molecular formula is C23H25N3O3S. The maximum absolute atomic E-state index is 12.6. The second-order valence-electron chi connectivity index (χ2n) is 8.29. The summed E-state index contributed by atoms with van der Waals surface area (Å²) < 4.78 is 1.19. The Hall–Kier alpha value is -2.67. The first-order valence-electron chi connectivity index (χ1n) is 10.2. The Bertz CT molecular complexity index is 1130. The molecule has 0 atom stereocenters. The van der Waals surface area contributed by atoms with E-state index in [4.69, 9.17) is 5.11 Å². The first-order valence-corrected chi connectivity index (χ1v) is 11.0. The summed E-state index contributed by atoms with van der Waals surface area (Å²) in [6.45, 7) is 5.52. The molecule has 4 rings (SSSR count).